The lowest BCUT2D eigenvalue weighted by Gasteiger charge is -2.18. The normalized spacial score (nSPS) is 12.6. The summed E-state index contributed by atoms with van der Waals surface area (Å²) in [5.74, 6) is -0.909. The Morgan fingerprint density at radius 1 is 0.344 bits per heavy atom. The van der Waals surface area contributed by atoms with Gasteiger partial charge in [-0.05, 0) is 89.9 Å². The zero-order valence-electron chi connectivity index (χ0n) is 39.9. The van der Waals surface area contributed by atoms with Crippen LogP contribution in [-0.2, 0) is 28.6 Å². The molecule has 0 saturated carbocycles. The summed E-state index contributed by atoms with van der Waals surface area (Å²) in [7, 11) is 0. The van der Waals surface area contributed by atoms with Gasteiger partial charge in [-0.25, -0.2) is 0 Å². The summed E-state index contributed by atoms with van der Waals surface area (Å²) in [6.07, 6.45) is 61.9. The van der Waals surface area contributed by atoms with Crippen molar-refractivity contribution in [2.75, 3.05) is 13.2 Å². The molecule has 0 aliphatic heterocycles. The number of hydrogen-bond donors (Lipinski definition) is 0. The number of rotatable bonds is 45. The predicted molar refractivity (Wildman–Crippen MR) is 261 cm³/mol. The first-order chi connectivity index (χ1) is 30.0. The largest absolute Gasteiger partial charge is 0.462 e. The first-order valence-corrected chi connectivity index (χ1v) is 25.4. The van der Waals surface area contributed by atoms with Crippen LogP contribution in [-0.4, -0.2) is 37.2 Å². The van der Waals surface area contributed by atoms with Gasteiger partial charge in [0.2, 0.25) is 0 Å². The molecule has 0 spiro atoms. The topological polar surface area (TPSA) is 78.9 Å². The van der Waals surface area contributed by atoms with Crippen molar-refractivity contribution in [2.24, 2.45) is 0 Å². The summed E-state index contributed by atoms with van der Waals surface area (Å²) in [5.41, 5.74) is 0. The summed E-state index contributed by atoms with van der Waals surface area (Å²) >= 11 is 0. The van der Waals surface area contributed by atoms with Crippen LogP contribution in [0.2, 0.25) is 0 Å². The van der Waals surface area contributed by atoms with Gasteiger partial charge in [0.15, 0.2) is 6.10 Å². The lowest BCUT2D eigenvalue weighted by molar-refractivity contribution is -0.167. The van der Waals surface area contributed by atoms with Crippen molar-refractivity contribution in [3.8, 4) is 0 Å². The number of hydrogen-bond acceptors (Lipinski definition) is 6. The van der Waals surface area contributed by atoms with Crippen molar-refractivity contribution in [2.45, 2.75) is 245 Å². The van der Waals surface area contributed by atoms with Crippen LogP contribution in [0.5, 0.6) is 0 Å². The molecule has 0 aromatic rings. The highest BCUT2D eigenvalue weighted by Crippen LogP contribution is 2.14. The minimum atomic E-state index is -0.780. The standard InChI is InChI=1S/C55H94O6/c1-4-7-10-13-16-18-20-22-23-24-25-26-27-28-29-30-31-33-34-36-39-42-45-48-54(57)60-51-52(50-59-53(56)47-44-41-38-15-12-9-6-3)61-55(58)49-46-43-40-37-35-32-21-19-17-14-11-8-5-2/h7,10,16,18-19,21-23,25-26,28-29,52H,4-6,8-9,11-15,17,20,24,27,30-51H2,1-3H3/b10-7-,18-16-,21-19-,23-22-,26-25-,29-28-. The second-order valence-corrected chi connectivity index (χ2v) is 16.7. The van der Waals surface area contributed by atoms with Gasteiger partial charge < -0.3 is 14.2 Å². The van der Waals surface area contributed by atoms with Gasteiger partial charge in [-0.15, -0.1) is 0 Å². The molecule has 61 heavy (non-hydrogen) atoms. The number of esters is 3. The molecular weight excluding hydrogens is 757 g/mol. The van der Waals surface area contributed by atoms with Crippen LogP contribution in [0.3, 0.4) is 0 Å². The van der Waals surface area contributed by atoms with E-state index in [1.807, 2.05) is 0 Å². The molecule has 0 bridgehead atoms. The van der Waals surface area contributed by atoms with Crippen LogP contribution in [0.1, 0.15) is 239 Å². The van der Waals surface area contributed by atoms with Crippen LogP contribution < -0.4 is 0 Å². The summed E-state index contributed by atoms with van der Waals surface area (Å²) in [4.78, 5) is 37.7. The number of allylic oxidation sites excluding steroid dienone is 12. The molecule has 6 heteroatoms. The second-order valence-electron chi connectivity index (χ2n) is 16.7. The van der Waals surface area contributed by atoms with Crippen LogP contribution in [0.4, 0.5) is 0 Å². The maximum atomic E-state index is 12.7. The van der Waals surface area contributed by atoms with Gasteiger partial charge in [0, 0.05) is 19.3 Å². The Labute approximate surface area is 376 Å². The van der Waals surface area contributed by atoms with E-state index in [0.29, 0.717) is 19.3 Å². The molecule has 0 aromatic carbocycles. The summed E-state index contributed by atoms with van der Waals surface area (Å²) in [6.45, 7) is 6.44. The quantitative estimate of drug-likeness (QED) is 0.0263. The lowest BCUT2D eigenvalue weighted by Crippen LogP contribution is -2.30. The Bertz CT molecular complexity index is 1160. The molecule has 1 unspecified atom stereocenters. The first kappa shape index (κ1) is 57.9. The van der Waals surface area contributed by atoms with Crippen LogP contribution in [0, 0.1) is 0 Å². The number of carbonyl (C=O) groups is 3. The first-order valence-electron chi connectivity index (χ1n) is 25.4. The van der Waals surface area contributed by atoms with E-state index < -0.39 is 6.10 Å². The Kier molecular flexibility index (Phi) is 46.9. The molecule has 0 amide bonds. The molecule has 1 atom stereocenters. The molecule has 350 valence electrons. The van der Waals surface area contributed by atoms with Crippen LogP contribution in [0.15, 0.2) is 72.9 Å². The third kappa shape index (κ3) is 47.7. The molecule has 0 radical (unpaired) electrons. The molecule has 0 N–H and O–H groups in total. The van der Waals surface area contributed by atoms with Gasteiger partial charge in [-0.3, -0.25) is 14.4 Å². The highest BCUT2D eigenvalue weighted by Gasteiger charge is 2.19. The third-order valence-electron chi connectivity index (χ3n) is 10.7. The fraction of sp³-hybridized carbons (Fsp3) is 0.727. The highest BCUT2D eigenvalue weighted by atomic mass is 16.6. The van der Waals surface area contributed by atoms with Crippen molar-refractivity contribution in [1.29, 1.82) is 0 Å². The van der Waals surface area contributed by atoms with Gasteiger partial charge >= 0.3 is 17.9 Å². The van der Waals surface area contributed by atoms with E-state index in [-0.39, 0.29) is 31.1 Å². The maximum absolute atomic E-state index is 12.7. The van der Waals surface area contributed by atoms with Gasteiger partial charge in [0.25, 0.3) is 0 Å². The smallest absolute Gasteiger partial charge is 0.306 e. The minimum absolute atomic E-state index is 0.0818. The average molecular weight is 851 g/mol. The minimum Gasteiger partial charge on any atom is -0.462 e. The van der Waals surface area contributed by atoms with Gasteiger partial charge in [-0.1, -0.05) is 203 Å². The molecule has 0 saturated heterocycles. The van der Waals surface area contributed by atoms with E-state index >= 15 is 0 Å². The monoisotopic (exact) mass is 851 g/mol. The molecule has 0 aromatic heterocycles. The van der Waals surface area contributed by atoms with Crippen LogP contribution in [0.25, 0.3) is 0 Å². The molecule has 0 aliphatic rings. The van der Waals surface area contributed by atoms with E-state index in [1.54, 1.807) is 0 Å². The lowest BCUT2D eigenvalue weighted by atomic mass is 10.1. The fourth-order valence-corrected chi connectivity index (χ4v) is 6.87. The van der Waals surface area contributed by atoms with Crippen molar-refractivity contribution in [1.82, 2.24) is 0 Å². The maximum Gasteiger partial charge on any atom is 0.306 e. The van der Waals surface area contributed by atoms with Gasteiger partial charge in [0.05, 0.1) is 0 Å². The summed E-state index contributed by atoms with van der Waals surface area (Å²) in [5, 5.41) is 0. The van der Waals surface area contributed by atoms with E-state index in [2.05, 4.69) is 93.7 Å². The highest BCUT2D eigenvalue weighted by molar-refractivity contribution is 5.71. The Morgan fingerprint density at radius 3 is 1.03 bits per heavy atom. The SMILES string of the molecule is CC/C=C\C/C=C\C/C=C\C/C=C\C/C=C\CCCCCCCCCC(=O)OCC(COC(=O)CCCCCCCCC)OC(=O)CCCCCCC/C=C\CCCCCC. The van der Waals surface area contributed by atoms with Crippen molar-refractivity contribution in [3.63, 3.8) is 0 Å². The molecule has 6 nitrogen and oxygen atoms in total. The predicted octanol–water partition coefficient (Wildman–Crippen LogP) is 16.6. The molecule has 0 heterocycles. The molecule has 0 rings (SSSR count). The Balaban J connectivity index is 4.24. The fourth-order valence-electron chi connectivity index (χ4n) is 6.87. The zero-order chi connectivity index (χ0) is 44.4. The zero-order valence-corrected chi connectivity index (χ0v) is 39.9. The molecular formula is C55H94O6. The number of ether oxygens (including phenoxy) is 3. The van der Waals surface area contributed by atoms with Crippen molar-refractivity contribution >= 4 is 17.9 Å². The average Bonchev–Trinajstić information content (AvgIpc) is 3.26. The third-order valence-corrected chi connectivity index (χ3v) is 10.7. The van der Waals surface area contributed by atoms with E-state index in [9.17, 15) is 14.4 Å². The van der Waals surface area contributed by atoms with Gasteiger partial charge in [0.1, 0.15) is 13.2 Å². The molecule has 0 aliphatic carbocycles. The Hall–Kier alpha value is -3.15. The van der Waals surface area contributed by atoms with Crippen molar-refractivity contribution < 1.29 is 28.6 Å². The summed E-state index contributed by atoms with van der Waals surface area (Å²) < 4.78 is 16.7. The van der Waals surface area contributed by atoms with Gasteiger partial charge in [-0.2, -0.15) is 0 Å². The van der Waals surface area contributed by atoms with E-state index in [1.165, 1.54) is 89.9 Å². The summed E-state index contributed by atoms with van der Waals surface area (Å²) in [6, 6.07) is 0. The van der Waals surface area contributed by atoms with Crippen LogP contribution >= 0.6 is 0 Å². The van der Waals surface area contributed by atoms with Crippen molar-refractivity contribution in [3.05, 3.63) is 72.9 Å². The molecule has 0 fully saturated rings. The van der Waals surface area contributed by atoms with E-state index in [4.69, 9.17) is 14.2 Å². The second kappa shape index (κ2) is 49.5. The van der Waals surface area contributed by atoms with E-state index in [0.717, 1.165) is 109 Å². The Morgan fingerprint density at radius 2 is 0.639 bits per heavy atom. The number of carbonyl (C=O) groups excluding carboxylic acids is 3. The number of unbranched alkanes of at least 4 members (excludes halogenated alkanes) is 22.